The highest BCUT2D eigenvalue weighted by molar-refractivity contribution is 6.10. The van der Waals surface area contributed by atoms with E-state index in [1.165, 1.54) is 11.8 Å². The number of benzene rings is 2. The minimum Gasteiger partial charge on any atom is -0.319 e. The molecule has 1 unspecified atom stereocenters. The Hall–Kier alpha value is -3.80. The van der Waals surface area contributed by atoms with E-state index in [9.17, 15) is 23.2 Å². The summed E-state index contributed by atoms with van der Waals surface area (Å²) in [6.07, 6.45) is 0.0467. The Labute approximate surface area is 184 Å². The molecule has 9 heteroatoms. The number of carbonyl (C=O) groups excluding carboxylic acids is 3. The number of amides is 4. The van der Waals surface area contributed by atoms with Gasteiger partial charge >= 0.3 is 6.03 Å². The Bertz CT molecular complexity index is 1120. The fourth-order valence-electron chi connectivity index (χ4n) is 3.79. The lowest BCUT2D eigenvalue weighted by Crippen LogP contribution is -2.45. The highest BCUT2D eigenvalue weighted by atomic mass is 19.1. The first kappa shape index (κ1) is 22.9. The topological polar surface area (TPSA) is 93.5 Å². The third-order valence-corrected chi connectivity index (χ3v) is 5.30. The Balaban J connectivity index is 1.89. The van der Waals surface area contributed by atoms with Crippen LogP contribution in [0.4, 0.5) is 19.3 Å². The molecular weight excluding hydrogens is 418 g/mol. The molecule has 4 amide bonds. The lowest BCUT2D eigenvalue weighted by Gasteiger charge is -2.26. The smallest absolute Gasteiger partial charge is 0.319 e. The van der Waals surface area contributed by atoms with Gasteiger partial charge in [0, 0.05) is 17.8 Å². The minimum atomic E-state index is -1.86. The van der Waals surface area contributed by atoms with Crippen LogP contribution in [-0.2, 0) is 15.1 Å². The van der Waals surface area contributed by atoms with Gasteiger partial charge in [0.05, 0.1) is 12.5 Å². The number of anilines is 1. The molecule has 0 aliphatic carbocycles. The van der Waals surface area contributed by atoms with E-state index in [1.807, 2.05) is 26.0 Å². The summed E-state index contributed by atoms with van der Waals surface area (Å²) in [6, 6.07) is 9.15. The summed E-state index contributed by atoms with van der Waals surface area (Å²) in [5, 5.41) is 11.3. The Morgan fingerprint density at radius 1 is 1.16 bits per heavy atom. The van der Waals surface area contributed by atoms with Crippen LogP contribution >= 0.6 is 0 Å². The van der Waals surface area contributed by atoms with Gasteiger partial charge in [0.1, 0.15) is 23.7 Å². The van der Waals surface area contributed by atoms with E-state index in [2.05, 4.69) is 5.32 Å². The van der Waals surface area contributed by atoms with Gasteiger partial charge in [0.25, 0.3) is 5.91 Å². The number of hydrogen-bond acceptors (Lipinski definition) is 4. The number of nitriles is 1. The Morgan fingerprint density at radius 3 is 2.44 bits per heavy atom. The van der Waals surface area contributed by atoms with Crippen LogP contribution in [0.1, 0.15) is 30.0 Å². The van der Waals surface area contributed by atoms with Gasteiger partial charge in [-0.3, -0.25) is 14.5 Å². The van der Waals surface area contributed by atoms with Gasteiger partial charge in [0.15, 0.2) is 0 Å². The summed E-state index contributed by atoms with van der Waals surface area (Å²) in [6.45, 7) is 4.43. The van der Waals surface area contributed by atoms with Gasteiger partial charge in [-0.05, 0) is 62.2 Å². The number of imide groups is 1. The van der Waals surface area contributed by atoms with Gasteiger partial charge in [-0.25, -0.2) is 13.6 Å². The number of nitrogens with one attached hydrogen (secondary N) is 1. The number of urea groups is 1. The standard InChI is InChI=1S/C23H22F2N4O3/c1-14-9-15(2)11-17(10-14)28(8-4-7-26)20(30)13-29-21(31)23(3,27-22(29)32)18-12-16(24)5-6-19(18)25/h5-6,9-12H,4,8,13H2,1-3H3,(H,27,32). The normalized spacial score (nSPS) is 17.8. The van der Waals surface area contributed by atoms with Crippen molar-refractivity contribution in [3.8, 4) is 6.07 Å². The Kier molecular flexibility index (Phi) is 6.25. The minimum absolute atomic E-state index is 0.0467. The van der Waals surface area contributed by atoms with Crippen molar-refractivity contribution in [2.45, 2.75) is 32.7 Å². The molecule has 1 N–H and O–H groups in total. The van der Waals surface area contributed by atoms with E-state index in [0.717, 1.165) is 29.3 Å². The summed E-state index contributed by atoms with van der Waals surface area (Å²) in [5.41, 5.74) is 0.147. The summed E-state index contributed by atoms with van der Waals surface area (Å²) in [5.74, 6) is -3.09. The number of aryl methyl sites for hydroxylation is 2. The van der Waals surface area contributed by atoms with E-state index in [-0.39, 0.29) is 18.5 Å². The first-order valence-corrected chi connectivity index (χ1v) is 9.92. The largest absolute Gasteiger partial charge is 0.325 e. The van der Waals surface area contributed by atoms with Crippen LogP contribution in [0.2, 0.25) is 0 Å². The summed E-state index contributed by atoms with van der Waals surface area (Å²) >= 11 is 0. The predicted molar refractivity (Wildman–Crippen MR) is 112 cm³/mol. The molecule has 0 bridgehead atoms. The number of hydrogen-bond donors (Lipinski definition) is 1. The second kappa shape index (κ2) is 8.75. The van der Waals surface area contributed by atoms with E-state index in [4.69, 9.17) is 5.26 Å². The van der Waals surface area contributed by atoms with Crippen LogP contribution in [0.25, 0.3) is 0 Å². The average Bonchev–Trinajstić information content (AvgIpc) is 2.93. The van der Waals surface area contributed by atoms with Crippen LogP contribution in [-0.4, -0.2) is 35.8 Å². The first-order chi connectivity index (χ1) is 15.1. The third-order valence-electron chi connectivity index (χ3n) is 5.30. The number of carbonyl (C=O) groups is 3. The molecule has 1 atom stereocenters. The molecule has 0 spiro atoms. The zero-order chi connectivity index (χ0) is 23.6. The molecule has 1 aliphatic heterocycles. The number of rotatable bonds is 6. The maximum atomic E-state index is 14.3. The molecular formula is C23H22F2N4O3. The summed E-state index contributed by atoms with van der Waals surface area (Å²) < 4.78 is 28.0. The molecule has 1 fully saturated rings. The monoisotopic (exact) mass is 440 g/mol. The molecule has 1 aliphatic rings. The van der Waals surface area contributed by atoms with Gasteiger partial charge in [-0.2, -0.15) is 5.26 Å². The van der Waals surface area contributed by atoms with Crippen molar-refractivity contribution >= 4 is 23.5 Å². The molecule has 1 saturated heterocycles. The van der Waals surface area contributed by atoms with Crippen molar-refractivity contribution in [1.29, 1.82) is 5.26 Å². The third kappa shape index (κ3) is 4.30. The lowest BCUT2D eigenvalue weighted by atomic mass is 9.91. The SMILES string of the molecule is Cc1cc(C)cc(N(CCC#N)C(=O)CN2C(=O)NC(C)(c3cc(F)ccc3F)C2=O)c1. The molecule has 0 saturated carbocycles. The number of nitrogens with zero attached hydrogens (tertiary/aromatic N) is 3. The average molecular weight is 440 g/mol. The molecule has 2 aromatic rings. The molecule has 7 nitrogen and oxygen atoms in total. The Morgan fingerprint density at radius 2 is 1.81 bits per heavy atom. The highest BCUT2D eigenvalue weighted by Crippen LogP contribution is 2.31. The quantitative estimate of drug-likeness (QED) is 0.698. The maximum Gasteiger partial charge on any atom is 0.325 e. The molecule has 0 aromatic heterocycles. The van der Waals surface area contributed by atoms with Gasteiger partial charge in [-0.15, -0.1) is 0 Å². The second-order valence-electron chi connectivity index (χ2n) is 7.87. The van der Waals surface area contributed by atoms with Crippen LogP contribution < -0.4 is 10.2 Å². The maximum absolute atomic E-state index is 14.3. The van der Waals surface area contributed by atoms with Crippen molar-refractivity contribution in [3.05, 3.63) is 64.7 Å². The molecule has 2 aromatic carbocycles. The zero-order valence-corrected chi connectivity index (χ0v) is 17.9. The van der Waals surface area contributed by atoms with Gasteiger partial charge in [-0.1, -0.05) is 6.07 Å². The van der Waals surface area contributed by atoms with E-state index in [1.54, 1.807) is 12.1 Å². The molecule has 3 rings (SSSR count). The van der Waals surface area contributed by atoms with Crippen molar-refractivity contribution < 1.29 is 23.2 Å². The summed E-state index contributed by atoms with van der Waals surface area (Å²) in [7, 11) is 0. The van der Waals surface area contributed by atoms with E-state index < -0.39 is 41.6 Å². The molecule has 166 valence electrons. The van der Waals surface area contributed by atoms with Gasteiger partial charge in [0.2, 0.25) is 5.91 Å². The van der Waals surface area contributed by atoms with Crippen molar-refractivity contribution in [1.82, 2.24) is 10.2 Å². The predicted octanol–water partition coefficient (Wildman–Crippen LogP) is 3.30. The zero-order valence-electron chi connectivity index (χ0n) is 17.9. The fraction of sp³-hybridized carbons (Fsp3) is 0.304. The van der Waals surface area contributed by atoms with Crippen molar-refractivity contribution in [2.75, 3.05) is 18.0 Å². The lowest BCUT2D eigenvalue weighted by molar-refractivity contribution is -0.134. The van der Waals surface area contributed by atoms with Crippen LogP contribution in [0.15, 0.2) is 36.4 Å². The summed E-state index contributed by atoms with van der Waals surface area (Å²) in [4.78, 5) is 40.7. The van der Waals surface area contributed by atoms with E-state index >= 15 is 0 Å². The first-order valence-electron chi connectivity index (χ1n) is 9.92. The highest BCUT2D eigenvalue weighted by Gasteiger charge is 2.51. The number of halogens is 2. The second-order valence-corrected chi connectivity index (χ2v) is 7.87. The van der Waals surface area contributed by atoms with Crippen molar-refractivity contribution in [2.24, 2.45) is 0 Å². The molecule has 0 radical (unpaired) electrons. The van der Waals surface area contributed by atoms with Crippen molar-refractivity contribution in [3.63, 3.8) is 0 Å². The van der Waals surface area contributed by atoms with Crippen LogP contribution in [0, 0.1) is 36.8 Å². The van der Waals surface area contributed by atoms with Gasteiger partial charge < -0.3 is 10.2 Å². The fourth-order valence-corrected chi connectivity index (χ4v) is 3.79. The molecule has 32 heavy (non-hydrogen) atoms. The van der Waals surface area contributed by atoms with E-state index in [0.29, 0.717) is 10.6 Å². The van der Waals surface area contributed by atoms with Crippen LogP contribution in [0.5, 0.6) is 0 Å². The van der Waals surface area contributed by atoms with Crippen LogP contribution in [0.3, 0.4) is 0 Å². The molecule has 1 heterocycles.